The van der Waals surface area contributed by atoms with Gasteiger partial charge in [0.15, 0.2) is 0 Å². The lowest BCUT2D eigenvalue weighted by Crippen LogP contribution is -2.45. The monoisotopic (exact) mass is 814 g/mol. The molecule has 0 spiro atoms. The number of nitrogens with zero attached hydrogens (tertiary/aromatic N) is 1. The van der Waals surface area contributed by atoms with Crippen LogP contribution in [0, 0.1) is 0 Å². The van der Waals surface area contributed by atoms with Gasteiger partial charge in [0.05, 0.1) is 39.9 Å². The molecule has 0 heterocycles. The van der Waals surface area contributed by atoms with Crippen molar-refractivity contribution < 1.29 is 32.9 Å². The Morgan fingerprint density at radius 2 is 0.964 bits per heavy atom. The number of carbonyl (C=O) groups is 1. The van der Waals surface area contributed by atoms with Crippen molar-refractivity contribution in [2.24, 2.45) is 0 Å². The molecule has 0 saturated carbocycles. The lowest BCUT2D eigenvalue weighted by atomic mass is 10.0. The molecule has 0 aromatic carbocycles. The number of aliphatic hydroxyl groups is 1. The lowest BCUT2D eigenvalue weighted by Gasteiger charge is -2.25. The predicted octanol–water partition coefficient (Wildman–Crippen LogP) is 13.3. The van der Waals surface area contributed by atoms with Crippen molar-refractivity contribution >= 4 is 13.7 Å². The maximum absolute atomic E-state index is 12.9. The molecule has 0 aromatic rings. The van der Waals surface area contributed by atoms with Crippen LogP contribution in [0.2, 0.25) is 0 Å². The first-order valence-corrected chi connectivity index (χ1v) is 25.2. The summed E-state index contributed by atoms with van der Waals surface area (Å²) in [6.07, 6.45) is 46.7. The number of quaternary nitrogens is 1. The molecule has 3 unspecified atom stereocenters. The molecule has 0 radical (unpaired) electrons. The molecule has 56 heavy (non-hydrogen) atoms. The highest BCUT2D eigenvalue weighted by atomic mass is 31.2. The average Bonchev–Trinajstić information content (AvgIpc) is 3.15. The van der Waals surface area contributed by atoms with Crippen molar-refractivity contribution in [2.45, 2.75) is 231 Å². The van der Waals surface area contributed by atoms with E-state index in [1.54, 1.807) is 6.08 Å². The van der Waals surface area contributed by atoms with Crippen LogP contribution >= 0.6 is 7.82 Å². The van der Waals surface area contributed by atoms with Crippen LogP contribution in [-0.4, -0.2) is 73.4 Å². The number of unbranched alkanes of at least 4 members (excludes halogenated alkanes) is 28. The molecule has 3 atom stereocenters. The van der Waals surface area contributed by atoms with Crippen LogP contribution in [0.3, 0.4) is 0 Å². The van der Waals surface area contributed by atoms with Crippen molar-refractivity contribution in [1.29, 1.82) is 0 Å². The van der Waals surface area contributed by atoms with E-state index in [2.05, 4.69) is 31.3 Å². The van der Waals surface area contributed by atoms with Crippen LogP contribution in [0.25, 0.3) is 0 Å². The summed E-state index contributed by atoms with van der Waals surface area (Å²) >= 11 is 0. The highest BCUT2D eigenvalue weighted by Crippen LogP contribution is 2.43. The van der Waals surface area contributed by atoms with Gasteiger partial charge in [-0.25, -0.2) is 4.57 Å². The number of likely N-dealkylation sites (N-methyl/N-ethyl adjacent to an activating group) is 1. The van der Waals surface area contributed by atoms with Crippen molar-refractivity contribution in [1.82, 2.24) is 5.32 Å². The van der Waals surface area contributed by atoms with Gasteiger partial charge in [-0.3, -0.25) is 13.8 Å². The van der Waals surface area contributed by atoms with Gasteiger partial charge in [-0.2, -0.15) is 0 Å². The minimum Gasteiger partial charge on any atom is -0.387 e. The van der Waals surface area contributed by atoms with Gasteiger partial charge >= 0.3 is 7.82 Å². The SMILES string of the molecule is CCCCCCCCCCC/C=C\CCCCCCCCCC(=O)NC(COP(=O)(O)OCC[N+](C)(C)C)C(O)/C=C/CCCCCCCCCCCCCC. The first kappa shape index (κ1) is 55.0. The maximum atomic E-state index is 12.9. The molecule has 0 aliphatic rings. The first-order chi connectivity index (χ1) is 27.0. The summed E-state index contributed by atoms with van der Waals surface area (Å²) in [5.74, 6) is -0.181. The molecule has 3 N–H and O–H groups in total. The summed E-state index contributed by atoms with van der Waals surface area (Å²) in [4.78, 5) is 23.1. The van der Waals surface area contributed by atoms with Gasteiger partial charge < -0.3 is 19.8 Å². The average molecular weight is 814 g/mol. The molecule has 0 fully saturated rings. The topological polar surface area (TPSA) is 105 Å². The van der Waals surface area contributed by atoms with Crippen molar-refractivity contribution in [2.75, 3.05) is 40.9 Å². The van der Waals surface area contributed by atoms with Gasteiger partial charge in [-0.05, 0) is 44.9 Å². The van der Waals surface area contributed by atoms with Crippen molar-refractivity contribution in [3.05, 3.63) is 24.3 Å². The normalized spacial score (nSPS) is 14.5. The van der Waals surface area contributed by atoms with E-state index in [0.717, 1.165) is 38.5 Å². The van der Waals surface area contributed by atoms with E-state index in [1.165, 1.54) is 161 Å². The third kappa shape index (κ3) is 41.2. The number of rotatable bonds is 43. The van der Waals surface area contributed by atoms with Gasteiger partial charge in [-0.1, -0.05) is 192 Å². The Bertz CT molecular complexity index is 969. The third-order valence-electron chi connectivity index (χ3n) is 10.7. The minimum absolute atomic E-state index is 0.0618. The molecule has 0 aromatic heterocycles. The number of nitrogens with one attached hydrogen (secondary N) is 1. The van der Waals surface area contributed by atoms with Crippen LogP contribution < -0.4 is 5.32 Å². The summed E-state index contributed by atoms with van der Waals surface area (Å²) in [7, 11) is 1.57. The Morgan fingerprint density at radius 3 is 1.38 bits per heavy atom. The number of amides is 1. The first-order valence-electron chi connectivity index (χ1n) is 23.7. The smallest absolute Gasteiger partial charge is 0.387 e. The van der Waals surface area contributed by atoms with Crippen LogP contribution in [0.15, 0.2) is 24.3 Å². The quantitative estimate of drug-likeness (QED) is 0.0245. The Kier molecular flexibility index (Phi) is 38.7. The van der Waals surface area contributed by atoms with E-state index in [1.807, 2.05) is 27.2 Å². The predicted molar refractivity (Wildman–Crippen MR) is 240 cm³/mol. The Hall–Kier alpha value is -1.02. The van der Waals surface area contributed by atoms with Gasteiger partial charge in [0.1, 0.15) is 13.2 Å². The second kappa shape index (κ2) is 39.4. The van der Waals surface area contributed by atoms with E-state index < -0.39 is 20.0 Å². The summed E-state index contributed by atoms with van der Waals surface area (Å²) in [6.45, 7) is 4.82. The maximum Gasteiger partial charge on any atom is 0.472 e. The Labute approximate surface area is 347 Å². The van der Waals surface area contributed by atoms with E-state index >= 15 is 0 Å². The molecule has 332 valence electrons. The largest absolute Gasteiger partial charge is 0.472 e. The van der Waals surface area contributed by atoms with Crippen LogP contribution in [0.4, 0.5) is 0 Å². The number of phosphoric ester groups is 1. The molecule has 0 aliphatic heterocycles. The minimum atomic E-state index is -4.34. The zero-order chi connectivity index (χ0) is 41.4. The van der Waals surface area contributed by atoms with E-state index in [9.17, 15) is 19.4 Å². The highest BCUT2D eigenvalue weighted by molar-refractivity contribution is 7.47. The Balaban J connectivity index is 4.34. The van der Waals surface area contributed by atoms with Gasteiger partial charge in [0, 0.05) is 6.42 Å². The zero-order valence-electron chi connectivity index (χ0n) is 37.6. The molecule has 0 aliphatic carbocycles. The Morgan fingerprint density at radius 1 is 0.589 bits per heavy atom. The van der Waals surface area contributed by atoms with Crippen LogP contribution in [0.5, 0.6) is 0 Å². The number of hydrogen-bond donors (Lipinski definition) is 3. The molecular formula is C47H94N2O6P+. The molecule has 9 heteroatoms. The third-order valence-corrected chi connectivity index (χ3v) is 11.6. The van der Waals surface area contributed by atoms with E-state index in [4.69, 9.17) is 9.05 Å². The standard InChI is InChI=1S/C47H93N2O6P/c1-6-8-10-12-14-16-18-20-22-23-24-25-26-27-29-31-33-35-37-39-41-47(51)48-45(44-55-56(52,53)54-43-42-49(3,4)5)46(50)40-38-36-34-32-30-28-21-19-17-15-13-11-9-7-2/h24-25,38,40,45-46,50H,6-23,26-37,39,41-44H2,1-5H3,(H-,48,51,52,53)/p+1/b25-24-,40-38+. The molecule has 1 amide bonds. The van der Waals surface area contributed by atoms with E-state index in [-0.39, 0.29) is 19.1 Å². The van der Waals surface area contributed by atoms with Crippen LogP contribution in [-0.2, 0) is 18.4 Å². The molecular weight excluding hydrogens is 719 g/mol. The van der Waals surface area contributed by atoms with Crippen molar-refractivity contribution in [3.8, 4) is 0 Å². The van der Waals surface area contributed by atoms with Gasteiger partial charge in [0.2, 0.25) is 5.91 Å². The van der Waals surface area contributed by atoms with Gasteiger partial charge in [0.25, 0.3) is 0 Å². The molecule has 0 saturated heterocycles. The summed E-state index contributed by atoms with van der Waals surface area (Å²) in [5, 5.41) is 13.8. The molecule has 0 bridgehead atoms. The zero-order valence-corrected chi connectivity index (χ0v) is 38.5. The fourth-order valence-corrected chi connectivity index (χ4v) is 7.60. The second-order valence-electron chi connectivity index (χ2n) is 17.5. The number of aliphatic hydroxyl groups excluding tert-OH is 1. The number of hydrogen-bond acceptors (Lipinski definition) is 5. The number of carbonyl (C=O) groups excluding carboxylic acids is 1. The summed E-state index contributed by atoms with van der Waals surface area (Å²) in [6, 6.07) is -0.845. The summed E-state index contributed by atoms with van der Waals surface area (Å²) in [5.41, 5.74) is 0. The number of allylic oxidation sites excluding steroid dienone is 3. The number of phosphoric acid groups is 1. The van der Waals surface area contributed by atoms with Crippen LogP contribution in [0.1, 0.15) is 219 Å². The fourth-order valence-electron chi connectivity index (χ4n) is 6.86. The second-order valence-corrected chi connectivity index (χ2v) is 18.9. The molecule has 8 nitrogen and oxygen atoms in total. The molecule has 0 rings (SSSR count). The lowest BCUT2D eigenvalue weighted by molar-refractivity contribution is -0.870. The highest BCUT2D eigenvalue weighted by Gasteiger charge is 2.27. The summed E-state index contributed by atoms with van der Waals surface area (Å²) < 4.78 is 23.6. The van der Waals surface area contributed by atoms with E-state index in [0.29, 0.717) is 17.4 Å². The van der Waals surface area contributed by atoms with Gasteiger partial charge in [-0.15, -0.1) is 0 Å². The fraction of sp³-hybridized carbons (Fsp3) is 0.894. The van der Waals surface area contributed by atoms with Crippen molar-refractivity contribution in [3.63, 3.8) is 0 Å².